The molecule has 0 aliphatic carbocycles. The standard InChI is InChI=1S/C18H19FN2O3/c1-12(14-10-16(23-2)17(24-3)11-15(14)19)21-18(22)5-4-13-6-8-20-9-7-13/h4-12H,1-3H3,(H,21,22)/b5-4+. The third-order valence-electron chi connectivity index (χ3n) is 3.46. The molecule has 0 saturated carbocycles. The van der Waals surface area contributed by atoms with Gasteiger partial charge in [0, 0.05) is 30.1 Å². The summed E-state index contributed by atoms with van der Waals surface area (Å²) in [7, 11) is 2.91. The maximum atomic E-state index is 14.2. The second-order valence-electron chi connectivity index (χ2n) is 5.07. The van der Waals surface area contributed by atoms with Gasteiger partial charge in [-0.1, -0.05) is 0 Å². The molecule has 0 bridgehead atoms. The first kappa shape index (κ1) is 17.5. The summed E-state index contributed by atoms with van der Waals surface area (Å²) in [6, 6.07) is 5.79. The molecular weight excluding hydrogens is 311 g/mol. The lowest BCUT2D eigenvalue weighted by Gasteiger charge is -2.16. The second kappa shape index (κ2) is 8.10. The van der Waals surface area contributed by atoms with Crippen LogP contribution in [0.2, 0.25) is 0 Å². The molecular formula is C18H19FN2O3. The zero-order chi connectivity index (χ0) is 17.5. The van der Waals surface area contributed by atoms with Crippen molar-refractivity contribution in [1.29, 1.82) is 0 Å². The molecule has 1 N–H and O–H groups in total. The Labute approximate surface area is 140 Å². The highest BCUT2D eigenvalue weighted by Gasteiger charge is 2.17. The van der Waals surface area contributed by atoms with E-state index in [-0.39, 0.29) is 5.91 Å². The Morgan fingerprint density at radius 1 is 1.21 bits per heavy atom. The first-order chi connectivity index (χ1) is 11.5. The molecule has 1 unspecified atom stereocenters. The molecule has 0 aliphatic rings. The molecule has 2 aromatic rings. The number of pyridine rings is 1. The predicted octanol–water partition coefficient (Wildman–Crippen LogP) is 3.13. The van der Waals surface area contributed by atoms with Gasteiger partial charge >= 0.3 is 0 Å². The molecule has 5 nitrogen and oxygen atoms in total. The highest BCUT2D eigenvalue weighted by atomic mass is 19.1. The van der Waals surface area contributed by atoms with Crippen molar-refractivity contribution < 1.29 is 18.7 Å². The zero-order valence-electron chi connectivity index (χ0n) is 13.7. The van der Waals surface area contributed by atoms with Gasteiger partial charge in [-0.3, -0.25) is 9.78 Å². The summed E-state index contributed by atoms with van der Waals surface area (Å²) in [6.45, 7) is 1.70. The number of halogens is 1. The first-order valence-electron chi connectivity index (χ1n) is 7.35. The number of ether oxygens (including phenoxy) is 2. The third-order valence-corrected chi connectivity index (χ3v) is 3.46. The lowest BCUT2D eigenvalue weighted by molar-refractivity contribution is -0.117. The molecule has 24 heavy (non-hydrogen) atoms. The summed E-state index contributed by atoms with van der Waals surface area (Å²) in [4.78, 5) is 15.9. The van der Waals surface area contributed by atoms with Crippen molar-refractivity contribution >= 4 is 12.0 Å². The van der Waals surface area contributed by atoms with Crippen LogP contribution in [0.4, 0.5) is 4.39 Å². The van der Waals surface area contributed by atoms with Crippen molar-refractivity contribution in [3.63, 3.8) is 0 Å². The van der Waals surface area contributed by atoms with Gasteiger partial charge in [-0.05, 0) is 36.8 Å². The highest BCUT2D eigenvalue weighted by molar-refractivity contribution is 5.91. The molecule has 1 aromatic heterocycles. The van der Waals surface area contributed by atoms with Gasteiger partial charge in [-0.25, -0.2) is 4.39 Å². The highest BCUT2D eigenvalue weighted by Crippen LogP contribution is 2.32. The lowest BCUT2D eigenvalue weighted by atomic mass is 10.1. The first-order valence-corrected chi connectivity index (χ1v) is 7.35. The molecule has 0 aliphatic heterocycles. The number of hydrogen-bond acceptors (Lipinski definition) is 4. The van der Waals surface area contributed by atoms with Gasteiger partial charge in [0.1, 0.15) is 5.82 Å². The van der Waals surface area contributed by atoms with E-state index in [0.29, 0.717) is 17.1 Å². The summed E-state index contributed by atoms with van der Waals surface area (Å²) in [6.07, 6.45) is 6.33. The lowest BCUT2D eigenvalue weighted by Crippen LogP contribution is -2.25. The SMILES string of the molecule is COc1cc(F)c(C(C)NC(=O)/C=C/c2ccncc2)cc1OC. The zero-order valence-corrected chi connectivity index (χ0v) is 13.7. The van der Waals surface area contributed by atoms with Crippen LogP contribution in [0.1, 0.15) is 24.1 Å². The summed E-state index contributed by atoms with van der Waals surface area (Å²) in [5.74, 6) is -0.0933. The largest absolute Gasteiger partial charge is 0.493 e. The van der Waals surface area contributed by atoms with E-state index >= 15 is 0 Å². The van der Waals surface area contributed by atoms with E-state index in [4.69, 9.17) is 9.47 Å². The van der Waals surface area contributed by atoms with Crippen LogP contribution in [0, 0.1) is 5.82 Å². The van der Waals surface area contributed by atoms with Crippen LogP contribution < -0.4 is 14.8 Å². The number of benzene rings is 1. The number of carbonyl (C=O) groups is 1. The van der Waals surface area contributed by atoms with E-state index in [0.717, 1.165) is 5.56 Å². The minimum atomic E-state index is -0.528. The number of methoxy groups -OCH3 is 2. The van der Waals surface area contributed by atoms with Crippen molar-refractivity contribution in [3.8, 4) is 11.5 Å². The monoisotopic (exact) mass is 330 g/mol. The molecule has 1 atom stereocenters. The molecule has 0 saturated heterocycles. The minimum absolute atomic E-state index is 0.301. The van der Waals surface area contributed by atoms with E-state index < -0.39 is 11.9 Å². The minimum Gasteiger partial charge on any atom is -0.493 e. The molecule has 1 aromatic carbocycles. The van der Waals surface area contributed by atoms with Crippen molar-refractivity contribution in [1.82, 2.24) is 10.3 Å². The Morgan fingerprint density at radius 3 is 2.46 bits per heavy atom. The molecule has 1 heterocycles. The number of rotatable bonds is 6. The van der Waals surface area contributed by atoms with E-state index in [1.165, 1.54) is 32.4 Å². The smallest absolute Gasteiger partial charge is 0.244 e. The van der Waals surface area contributed by atoms with E-state index in [9.17, 15) is 9.18 Å². The average Bonchev–Trinajstić information content (AvgIpc) is 2.60. The van der Waals surface area contributed by atoms with Crippen LogP contribution in [-0.2, 0) is 4.79 Å². The molecule has 1 amide bonds. The van der Waals surface area contributed by atoms with Crippen molar-refractivity contribution in [2.45, 2.75) is 13.0 Å². The van der Waals surface area contributed by atoms with Gasteiger partial charge in [0.25, 0.3) is 0 Å². The fraction of sp³-hybridized carbons (Fsp3) is 0.222. The maximum absolute atomic E-state index is 14.2. The van der Waals surface area contributed by atoms with Gasteiger partial charge < -0.3 is 14.8 Å². The molecule has 6 heteroatoms. The number of nitrogens with zero attached hydrogens (tertiary/aromatic N) is 1. The Balaban J connectivity index is 2.10. The van der Waals surface area contributed by atoms with Crippen LogP contribution in [0.15, 0.2) is 42.7 Å². The predicted molar refractivity (Wildman–Crippen MR) is 89.3 cm³/mol. The molecule has 0 spiro atoms. The van der Waals surface area contributed by atoms with E-state index in [2.05, 4.69) is 10.3 Å². The number of hydrogen-bond donors (Lipinski definition) is 1. The van der Waals surface area contributed by atoms with Gasteiger partial charge in [-0.15, -0.1) is 0 Å². The van der Waals surface area contributed by atoms with Gasteiger partial charge in [-0.2, -0.15) is 0 Å². The second-order valence-corrected chi connectivity index (χ2v) is 5.07. The van der Waals surface area contributed by atoms with Crippen LogP contribution in [0.5, 0.6) is 11.5 Å². The summed E-state index contributed by atoms with van der Waals surface area (Å²) >= 11 is 0. The van der Waals surface area contributed by atoms with Crippen LogP contribution in [0.25, 0.3) is 6.08 Å². The van der Waals surface area contributed by atoms with Gasteiger partial charge in [0.15, 0.2) is 11.5 Å². The van der Waals surface area contributed by atoms with E-state index in [1.54, 1.807) is 37.5 Å². The van der Waals surface area contributed by atoms with Crippen molar-refractivity contribution in [2.75, 3.05) is 14.2 Å². The summed E-state index contributed by atoms with van der Waals surface area (Å²) in [5.41, 5.74) is 1.17. The Bertz CT molecular complexity index is 733. The van der Waals surface area contributed by atoms with Crippen LogP contribution >= 0.6 is 0 Å². The Morgan fingerprint density at radius 2 is 1.83 bits per heavy atom. The van der Waals surface area contributed by atoms with Gasteiger partial charge in [0.2, 0.25) is 5.91 Å². The quantitative estimate of drug-likeness (QED) is 0.827. The van der Waals surface area contributed by atoms with Crippen LogP contribution in [0.3, 0.4) is 0 Å². The number of carbonyl (C=O) groups excluding carboxylic acids is 1. The fourth-order valence-corrected chi connectivity index (χ4v) is 2.19. The Kier molecular flexibility index (Phi) is 5.89. The van der Waals surface area contributed by atoms with Crippen molar-refractivity contribution in [2.24, 2.45) is 0 Å². The van der Waals surface area contributed by atoms with Crippen LogP contribution in [-0.4, -0.2) is 25.1 Å². The number of nitrogens with one attached hydrogen (secondary N) is 1. The normalized spacial score (nSPS) is 12.0. The topological polar surface area (TPSA) is 60.5 Å². The summed E-state index contributed by atoms with van der Waals surface area (Å²) < 4.78 is 24.4. The molecule has 126 valence electrons. The summed E-state index contributed by atoms with van der Waals surface area (Å²) in [5, 5.41) is 2.72. The van der Waals surface area contributed by atoms with Gasteiger partial charge in [0.05, 0.1) is 20.3 Å². The van der Waals surface area contributed by atoms with E-state index in [1.807, 2.05) is 0 Å². The van der Waals surface area contributed by atoms with Crippen molar-refractivity contribution in [3.05, 3.63) is 59.7 Å². The number of amides is 1. The third kappa shape index (κ3) is 4.32. The molecule has 2 rings (SSSR count). The average molecular weight is 330 g/mol. The molecule has 0 fully saturated rings. The fourth-order valence-electron chi connectivity index (χ4n) is 2.19. The molecule has 0 radical (unpaired) electrons. The Hall–Kier alpha value is -2.89. The maximum Gasteiger partial charge on any atom is 0.244 e. The number of aromatic nitrogens is 1.